The number of rotatable bonds is 5. The molecule has 0 bridgehead atoms. The van der Waals surface area contributed by atoms with Gasteiger partial charge in [0.15, 0.2) is 6.67 Å². The molecule has 2 aliphatic heterocycles. The van der Waals surface area contributed by atoms with Gasteiger partial charge in [-0.2, -0.15) is 0 Å². The van der Waals surface area contributed by atoms with Crippen molar-refractivity contribution in [2.45, 2.75) is 6.54 Å². The van der Waals surface area contributed by atoms with Gasteiger partial charge in [0.05, 0.1) is 23.9 Å². The highest BCUT2D eigenvalue weighted by atomic mass is 19.1. The Hall–Kier alpha value is -2.77. The third-order valence-corrected chi connectivity index (χ3v) is 5.61. The van der Waals surface area contributed by atoms with Gasteiger partial charge in [0.25, 0.3) is 5.78 Å². The molecule has 2 aliphatic rings. The standard InChI is InChI=1S/C21H22FN3O3/c1-28-19-7-6-16(22)12-15(19)13-23-8-10-24(11-9-23)14-25-18-5-3-2-4-17(18)20(26)21(25)27/h2-7,12H,8-11,13-14H2,1H3/p+2. The molecule has 0 aliphatic carbocycles. The number of ketones is 1. The number of halogens is 1. The first kappa shape index (κ1) is 18.6. The zero-order valence-electron chi connectivity index (χ0n) is 15.8. The predicted octanol–water partition coefficient (Wildman–Crippen LogP) is -0.695. The Labute approximate surface area is 163 Å². The van der Waals surface area contributed by atoms with Crippen molar-refractivity contribution >= 4 is 17.4 Å². The van der Waals surface area contributed by atoms with Crippen molar-refractivity contribution < 1.29 is 28.5 Å². The molecular weight excluding hydrogens is 361 g/mol. The highest BCUT2D eigenvalue weighted by Gasteiger charge is 2.38. The number of methoxy groups -OCH3 is 1. The molecule has 1 fully saturated rings. The van der Waals surface area contributed by atoms with Crippen LogP contribution in [0.2, 0.25) is 0 Å². The van der Waals surface area contributed by atoms with Crippen LogP contribution < -0.4 is 19.4 Å². The van der Waals surface area contributed by atoms with E-state index >= 15 is 0 Å². The minimum atomic E-state index is -0.437. The second kappa shape index (κ2) is 7.69. The Balaban J connectivity index is 1.37. The molecule has 2 N–H and O–H groups in total. The summed E-state index contributed by atoms with van der Waals surface area (Å²) >= 11 is 0. The zero-order valence-corrected chi connectivity index (χ0v) is 15.8. The summed E-state index contributed by atoms with van der Waals surface area (Å²) in [5.74, 6) is -0.401. The number of hydrogen-bond acceptors (Lipinski definition) is 3. The fourth-order valence-electron chi connectivity index (χ4n) is 4.08. The third-order valence-electron chi connectivity index (χ3n) is 5.61. The first-order valence-electron chi connectivity index (χ1n) is 9.51. The van der Waals surface area contributed by atoms with E-state index in [2.05, 4.69) is 0 Å². The Bertz CT molecular complexity index is 910. The molecule has 6 nitrogen and oxygen atoms in total. The van der Waals surface area contributed by atoms with E-state index in [-0.39, 0.29) is 5.82 Å². The summed E-state index contributed by atoms with van der Waals surface area (Å²) < 4.78 is 18.9. The van der Waals surface area contributed by atoms with Crippen LogP contribution >= 0.6 is 0 Å². The van der Waals surface area contributed by atoms with Crippen LogP contribution in [0.4, 0.5) is 10.1 Å². The number of piperazine rings is 1. The Morgan fingerprint density at radius 2 is 1.75 bits per heavy atom. The van der Waals surface area contributed by atoms with Crippen LogP contribution in [0.25, 0.3) is 0 Å². The van der Waals surface area contributed by atoms with Crippen molar-refractivity contribution in [3.63, 3.8) is 0 Å². The van der Waals surface area contributed by atoms with Crippen LogP contribution in [-0.4, -0.2) is 51.6 Å². The van der Waals surface area contributed by atoms with Gasteiger partial charge in [0.2, 0.25) is 0 Å². The second-order valence-electron chi connectivity index (χ2n) is 7.37. The van der Waals surface area contributed by atoms with E-state index in [1.165, 1.54) is 21.9 Å². The van der Waals surface area contributed by atoms with Gasteiger partial charge in [-0.05, 0) is 30.3 Å². The number of amides is 1. The zero-order chi connectivity index (χ0) is 19.7. The van der Waals surface area contributed by atoms with Gasteiger partial charge >= 0.3 is 5.91 Å². The van der Waals surface area contributed by atoms with Crippen molar-refractivity contribution in [3.8, 4) is 5.75 Å². The average molecular weight is 385 g/mol. The molecule has 28 heavy (non-hydrogen) atoms. The summed E-state index contributed by atoms with van der Waals surface area (Å²) in [6.07, 6.45) is 0. The van der Waals surface area contributed by atoms with Gasteiger partial charge in [-0.1, -0.05) is 12.1 Å². The Morgan fingerprint density at radius 1 is 1.04 bits per heavy atom. The summed E-state index contributed by atoms with van der Waals surface area (Å²) in [6, 6.07) is 11.8. The number of fused-ring (bicyclic) bond motifs is 1. The highest BCUT2D eigenvalue weighted by molar-refractivity contribution is 6.52. The second-order valence-corrected chi connectivity index (χ2v) is 7.37. The summed E-state index contributed by atoms with van der Waals surface area (Å²) in [5, 5.41) is 0. The fourth-order valence-corrected chi connectivity index (χ4v) is 4.08. The Kier molecular flexibility index (Phi) is 5.11. The summed E-state index contributed by atoms with van der Waals surface area (Å²) in [7, 11) is 1.60. The van der Waals surface area contributed by atoms with Gasteiger partial charge in [-0.3, -0.25) is 14.5 Å². The first-order valence-corrected chi connectivity index (χ1v) is 9.51. The molecule has 2 heterocycles. The van der Waals surface area contributed by atoms with E-state index in [9.17, 15) is 14.0 Å². The van der Waals surface area contributed by atoms with Crippen LogP contribution in [0.1, 0.15) is 15.9 Å². The number of hydrogen-bond donors (Lipinski definition) is 2. The number of quaternary nitrogens is 2. The quantitative estimate of drug-likeness (QED) is 0.670. The lowest BCUT2D eigenvalue weighted by Crippen LogP contribution is -3.28. The number of para-hydroxylation sites is 1. The van der Waals surface area contributed by atoms with E-state index in [0.717, 1.165) is 31.7 Å². The number of anilines is 1. The number of carbonyl (C=O) groups is 2. The fraction of sp³-hybridized carbons (Fsp3) is 0.333. The van der Waals surface area contributed by atoms with Gasteiger partial charge in [0, 0.05) is 0 Å². The molecule has 0 spiro atoms. The summed E-state index contributed by atoms with van der Waals surface area (Å²) in [5.41, 5.74) is 2.08. The predicted molar refractivity (Wildman–Crippen MR) is 101 cm³/mol. The van der Waals surface area contributed by atoms with Crippen LogP contribution in [0.5, 0.6) is 5.75 Å². The molecule has 1 amide bonds. The van der Waals surface area contributed by atoms with Crippen LogP contribution in [0.15, 0.2) is 42.5 Å². The summed E-state index contributed by atoms with van der Waals surface area (Å²) in [6.45, 7) is 4.79. The number of Topliss-reactive ketones (excluding diaryl/α,β-unsaturated/α-hetero) is 1. The van der Waals surface area contributed by atoms with Gasteiger partial charge < -0.3 is 14.5 Å². The molecule has 0 aromatic heterocycles. The number of ether oxygens (including phenoxy) is 1. The molecule has 4 rings (SSSR count). The van der Waals surface area contributed by atoms with Crippen molar-refractivity contribution in [3.05, 3.63) is 59.4 Å². The highest BCUT2D eigenvalue weighted by Crippen LogP contribution is 2.27. The Morgan fingerprint density at radius 3 is 2.50 bits per heavy atom. The molecule has 0 unspecified atom stereocenters. The lowest BCUT2D eigenvalue weighted by Gasteiger charge is -2.32. The lowest BCUT2D eigenvalue weighted by atomic mass is 10.1. The van der Waals surface area contributed by atoms with Crippen molar-refractivity contribution in [1.82, 2.24) is 0 Å². The number of nitrogens with zero attached hydrogens (tertiary/aromatic N) is 1. The molecule has 7 heteroatoms. The molecule has 146 valence electrons. The van der Waals surface area contributed by atoms with Gasteiger partial charge in [-0.25, -0.2) is 4.39 Å². The van der Waals surface area contributed by atoms with Crippen LogP contribution in [0.3, 0.4) is 0 Å². The SMILES string of the molecule is COc1ccc(F)cc1C[NH+]1CC[NH+](CN2C(=O)C(=O)c3ccccc32)CC1. The van der Waals surface area contributed by atoms with E-state index < -0.39 is 11.7 Å². The van der Waals surface area contributed by atoms with Crippen molar-refractivity contribution in [1.29, 1.82) is 0 Å². The van der Waals surface area contributed by atoms with Crippen LogP contribution in [0, 0.1) is 5.82 Å². The lowest BCUT2D eigenvalue weighted by molar-refractivity contribution is -1.02. The van der Waals surface area contributed by atoms with E-state index in [4.69, 9.17) is 4.74 Å². The minimum Gasteiger partial charge on any atom is -0.496 e. The van der Waals surface area contributed by atoms with E-state index in [1.54, 1.807) is 30.2 Å². The molecule has 0 radical (unpaired) electrons. The first-order chi connectivity index (χ1) is 13.6. The number of nitrogens with one attached hydrogen (secondary N) is 2. The average Bonchev–Trinajstić information content (AvgIpc) is 2.95. The monoisotopic (exact) mass is 385 g/mol. The smallest absolute Gasteiger partial charge is 0.303 e. The largest absolute Gasteiger partial charge is 0.496 e. The van der Waals surface area contributed by atoms with E-state index in [0.29, 0.717) is 30.2 Å². The topological polar surface area (TPSA) is 55.5 Å². The van der Waals surface area contributed by atoms with Crippen LogP contribution in [-0.2, 0) is 11.3 Å². The van der Waals surface area contributed by atoms with Crippen molar-refractivity contribution in [2.75, 3.05) is 44.9 Å². The maximum atomic E-state index is 13.6. The maximum Gasteiger partial charge on any atom is 0.303 e. The molecule has 0 atom stereocenters. The van der Waals surface area contributed by atoms with Crippen molar-refractivity contribution in [2.24, 2.45) is 0 Å². The molecule has 2 aromatic rings. The summed E-state index contributed by atoms with van der Waals surface area (Å²) in [4.78, 5) is 28.7. The van der Waals surface area contributed by atoms with Gasteiger partial charge in [-0.15, -0.1) is 0 Å². The minimum absolute atomic E-state index is 0.254. The number of carbonyl (C=O) groups excluding carboxylic acids is 2. The maximum absolute atomic E-state index is 13.6. The molecule has 2 aromatic carbocycles. The number of benzene rings is 2. The molecular formula is C21H24FN3O3+2. The van der Waals surface area contributed by atoms with E-state index in [1.807, 2.05) is 12.1 Å². The third kappa shape index (κ3) is 3.50. The molecule has 1 saturated heterocycles. The normalized spacial score (nSPS) is 21.7. The van der Waals surface area contributed by atoms with Gasteiger partial charge in [0.1, 0.15) is 44.3 Å². The molecule has 0 saturated carbocycles.